The molecule has 1 aromatic rings. The van der Waals surface area contributed by atoms with Gasteiger partial charge in [-0.1, -0.05) is 0 Å². The van der Waals surface area contributed by atoms with Crippen LogP contribution in [0, 0.1) is 0 Å². The highest BCUT2D eigenvalue weighted by Crippen LogP contribution is 2.15. The lowest BCUT2D eigenvalue weighted by molar-refractivity contribution is 0.112. The van der Waals surface area contributed by atoms with E-state index in [1.54, 1.807) is 0 Å². The standard InChI is InChI=1S/C9H5NO3/c11-4-7-1-8(5-12)3-9(2-7)10-6-13/h1-5H. The van der Waals surface area contributed by atoms with E-state index in [1.807, 2.05) is 0 Å². The molecule has 0 saturated heterocycles. The first-order chi connectivity index (χ1) is 6.30. The largest absolute Gasteiger partial charge is 0.298 e. The molecule has 0 fully saturated rings. The third-order valence-corrected chi connectivity index (χ3v) is 1.41. The third kappa shape index (κ3) is 2.18. The predicted molar refractivity (Wildman–Crippen MR) is 45.0 cm³/mol. The molecule has 0 aliphatic heterocycles. The van der Waals surface area contributed by atoms with Crippen LogP contribution in [-0.4, -0.2) is 18.7 Å². The van der Waals surface area contributed by atoms with Crippen LogP contribution in [0.3, 0.4) is 0 Å². The number of carbonyl (C=O) groups is 2. The van der Waals surface area contributed by atoms with Crippen molar-refractivity contribution in [2.45, 2.75) is 0 Å². The zero-order valence-corrected chi connectivity index (χ0v) is 6.56. The normalized spacial score (nSPS) is 8.62. The first-order valence-corrected chi connectivity index (χ1v) is 3.43. The fourth-order valence-corrected chi connectivity index (χ4v) is 0.912. The molecule has 64 valence electrons. The van der Waals surface area contributed by atoms with Gasteiger partial charge in [0.1, 0.15) is 12.6 Å². The highest BCUT2D eigenvalue weighted by molar-refractivity contribution is 5.84. The van der Waals surface area contributed by atoms with E-state index in [4.69, 9.17) is 0 Å². The molecule has 0 atom stereocenters. The van der Waals surface area contributed by atoms with Gasteiger partial charge in [0.05, 0.1) is 5.69 Å². The Bertz CT molecular complexity index is 366. The van der Waals surface area contributed by atoms with Crippen molar-refractivity contribution in [2.75, 3.05) is 0 Å². The van der Waals surface area contributed by atoms with Gasteiger partial charge in [-0.05, 0) is 18.2 Å². The minimum absolute atomic E-state index is 0.252. The van der Waals surface area contributed by atoms with Gasteiger partial charge in [0.15, 0.2) is 0 Å². The van der Waals surface area contributed by atoms with Gasteiger partial charge in [0.25, 0.3) is 0 Å². The van der Waals surface area contributed by atoms with E-state index < -0.39 is 0 Å². The van der Waals surface area contributed by atoms with Crippen molar-refractivity contribution in [3.8, 4) is 0 Å². The summed E-state index contributed by atoms with van der Waals surface area (Å²) in [5, 5.41) is 0. The van der Waals surface area contributed by atoms with Crippen LogP contribution in [0.1, 0.15) is 20.7 Å². The minimum Gasteiger partial charge on any atom is -0.298 e. The van der Waals surface area contributed by atoms with Crippen LogP contribution in [0.2, 0.25) is 0 Å². The molecule has 4 heteroatoms. The van der Waals surface area contributed by atoms with Crippen LogP contribution in [0.5, 0.6) is 0 Å². The molecule has 4 nitrogen and oxygen atoms in total. The van der Waals surface area contributed by atoms with Crippen molar-refractivity contribution in [1.82, 2.24) is 0 Å². The maximum atomic E-state index is 10.4. The van der Waals surface area contributed by atoms with E-state index in [0.717, 1.165) is 0 Å². The number of rotatable bonds is 3. The van der Waals surface area contributed by atoms with Crippen LogP contribution in [0.15, 0.2) is 23.2 Å². The van der Waals surface area contributed by atoms with Gasteiger partial charge in [0, 0.05) is 11.1 Å². The molecule has 0 amide bonds. The Morgan fingerprint density at radius 1 is 1.08 bits per heavy atom. The molecule has 0 bridgehead atoms. The maximum Gasteiger partial charge on any atom is 0.240 e. The van der Waals surface area contributed by atoms with Crippen molar-refractivity contribution in [3.05, 3.63) is 29.3 Å². The van der Waals surface area contributed by atoms with Crippen LogP contribution in [0.25, 0.3) is 0 Å². The number of carbonyl (C=O) groups excluding carboxylic acids is 3. The highest BCUT2D eigenvalue weighted by atomic mass is 16.1. The fourth-order valence-electron chi connectivity index (χ4n) is 0.912. The summed E-state index contributed by atoms with van der Waals surface area (Å²) in [4.78, 5) is 34.0. The van der Waals surface area contributed by atoms with Gasteiger partial charge >= 0.3 is 0 Å². The summed E-state index contributed by atoms with van der Waals surface area (Å²) in [5.41, 5.74) is 0.860. The Labute approximate surface area is 73.9 Å². The van der Waals surface area contributed by atoms with E-state index >= 15 is 0 Å². The van der Waals surface area contributed by atoms with Crippen molar-refractivity contribution in [3.63, 3.8) is 0 Å². The Balaban J connectivity index is 3.29. The lowest BCUT2D eigenvalue weighted by Crippen LogP contribution is -1.84. The van der Waals surface area contributed by atoms with E-state index in [-0.39, 0.29) is 5.69 Å². The van der Waals surface area contributed by atoms with Crippen LogP contribution in [-0.2, 0) is 4.79 Å². The van der Waals surface area contributed by atoms with Gasteiger partial charge in [-0.3, -0.25) is 9.59 Å². The molecule has 0 radical (unpaired) electrons. The Hall–Kier alpha value is -2.06. The van der Waals surface area contributed by atoms with Gasteiger partial charge in [0.2, 0.25) is 6.08 Å². The highest BCUT2D eigenvalue weighted by Gasteiger charge is 1.98. The van der Waals surface area contributed by atoms with Gasteiger partial charge in [-0.15, -0.1) is 0 Å². The molecular formula is C9H5NO3. The predicted octanol–water partition coefficient (Wildman–Crippen LogP) is 1.28. The Kier molecular flexibility index (Phi) is 2.84. The fraction of sp³-hybridized carbons (Fsp3) is 0. The molecule has 0 spiro atoms. The van der Waals surface area contributed by atoms with E-state index in [0.29, 0.717) is 23.7 Å². The second-order valence-electron chi connectivity index (χ2n) is 2.30. The topological polar surface area (TPSA) is 63.6 Å². The lowest BCUT2D eigenvalue weighted by Gasteiger charge is -1.95. The molecule has 0 N–H and O–H groups in total. The maximum absolute atomic E-state index is 10.4. The van der Waals surface area contributed by atoms with Crippen LogP contribution >= 0.6 is 0 Å². The Morgan fingerprint density at radius 3 is 2.00 bits per heavy atom. The number of hydrogen-bond donors (Lipinski definition) is 0. The van der Waals surface area contributed by atoms with Crippen molar-refractivity contribution < 1.29 is 14.4 Å². The van der Waals surface area contributed by atoms with Gasteiger partial charge in [-0.25, -0.2) is 4.79 Å². The van der Waals surface area contributed by atoms with E-state index in [2.05, 4.69) is 4.99 Å². The summed E-state index contributed by atoms with van der Waals surface area (Å²) >= 11 is 0. The number of aliphatic imine (C=N–C) groups is 1. The molecule has 0 unspecified atom stereocenters. The second-order valence-corrected chi connectivity index (χ2v) is 2.30. The minimum atomic E-state index is 0.252. The van der Waals surface area contributed by atoms with Crippen molar-refractivity contribution in [1.29, 1.82) is 0 Å². The molecule has 13 heavy (non-hydrogen) atoms. The van der Waals surface area contributed by atoms with Crippen LogP contribution in [0.4, 0.5) is 5.69 Å². The first kappa shape index (κ1) is 9.03. The molecular weight excluding hydrogens is 170 g/mol. The second kappa shape index (κ2) is 4.09. The number of nitrogens with zero attached hydrogens (tertiary/aromatic N) is 1. The SMILES string of the molecule is O=C=Nc1cc(C=O)cc(C=O)c1. The first-order valence-electron chi connectivity index (χ1n) is 3.43. The summed E-state index contributed by atoms with van der Waals surface area (Å²) in [5.74, 6) is 0. The summed E-state index contributed by atoms with van der Waals surface area (Å²) in [6, 6.07) is 4.19. The lowest BCUT2D eigenvalue weighted by atomic mass is 10.1. The van der Waals surface area contributed by atoms with E-state index in [9.17, 15) is 14.4 Å². The Morgan fingerprint density at radius 2 is 1.62 bits per heavy atom. The number of benzene rings is 1. The smallest absolute Gasteiger partial charge is 0.240 e. The van der Waals surface area contributed by atoms with Gasteiger partial charge < -0.3 is 0 Å². The summed E-state index contributed by atoms with van der Waals surface area (Å²) in [6.07, 6.45) is 2.49. The quantitative estimate of drug-likeness (QED) is 0.395. The summed E-state index contributed by atoms with van der Waals surface area (Å²) in [7, 11) is 0. The van der Waals surface area contributed by atoms with Crippen LogP contribution < -0.4 is 0 Å². The number of hydrogen-bond acceptors (Lipinski definition) is 4. The average molecular weight is 175 g/mol. The molecule has 0 saturated carbocycles. The average Bonchev–Trinajstić information content (AvgIpc) is 2.17. The summed E-state index contributed by atoms with van der Waals surface area (Å²) < 4.78 is 0. The third-order valence-electron chi connectivity index (χ3n) is 1.41. The molecule has 0 aliphatic carbocycles. The van der Waals surface area contributed by atoms with E-state index in [1.165, 1.54) is 24.3 Å². The molecule has 1 aromatic carbocycles. The molecule has 0 aliphatic rings. The molecule has 0 aromatic heterocycles. The monoisotopic (exact) mass is 175 g/mol. The van der Waals surface area contributed by atoms with Crippen molar-refractivity contribution in [2.24, 2.45) is 4.99 Å². The molecule has 1 rings (SSSR count). The van der Waals surface area contributed by atoms with Crippen molar-refractivity contribution >= 4 is 24.3 Å². The number of isocyanates is 1. The zero-order chi connectivity index (χ0) is 9.68. The number of aldehydes is 2. The van der Waals surface area contributed by atoms with Gasteiger partial charge in [-0.2, -0.15) is 4.99 Å². The molecule has 0 heterocycles. The summed E-state index contributed by atoms with van der Waals surface area (Å²) in [6.45, 7) is 0. The zero-order valence-electron chi connectivity index (χ0n) is 6.56.